The van der Waals surface area contributed by atoms with Crippen LogP contribution in [0.3, 0.4) is 0 Å². The van der Waals surface area contributed by atoms with E-state index in [-0.39, 0.29) is 30.3 Å². The van der Waals surface area contributed by atoms with E-state index in [1.807, 2.05) is 24.0 Å². The van der Waals surface area contributed by atoms with Gasteiger partial charge in [0.15, 0.2) is 0 Å². The molecule has 188 valence electrons. The van der Waals surface area contributed by atoms with Gasteiger partial charge in [-0.1, -0.05) is 24.6 Å². The second-order valence-corrected chi connectivity index (χ2v) is 9.19. The number of piperidine rings is 1. The molecule has 1 spiro atoms. The van der Waals surface area contributed by atoms with Crippen LogP contribution in [0.5, 0.6) is 5.75 Å². The highest BCUT2D eigenvalue weighted by Crippen LogP contribution is 2.39. The van der Waals surface area contributed by atoms with Gasteiger partial charge in [0, 0.05) is 6.54 Å². The van der Waals surface area contributed by atoms with Crippen molar-refractivity contribution in [2.45, 2.75) is 52.4 Å². The molecule has 8 nitrogen and oxygen atoms in total. The first kappa shape index (κ1) is 26.0. The van der Waals surface area contributed by atoms with Crippen LogP contribution in [0.25, 0.3) is 0 Å². The molecule has 1 N–H and O–H groups in total. The Morgan fingerprint density at radius 2 is 1.85 bits per heavy atom. The highest BCUT2D eigenvalue weighted by atomic mass is 16.5. The number of carbonyl (C=O) groups is 3. The third kappa shape index (κ3) is 6.95. The van der Waals surface area contributed by atoms with Crippen LogP contribution in [0.4, 0.5) is 0 Å². The summed E-state index contributed by atoms with van der Waals surface area (Å²) < 4.78 is 10.9. The van der Waals surface area contributed by atoms with Gasteiger partial charge in [-0.2, -0.15) is 0 Å². The fraction of sp³-hybridized carbons (Fsp3) is 0.654. The van der Waals surface area contributed by atoms with Gasteiger partial charge >= 0.3 is 5.97 Å². The first-order valence-electron chi connectivity index (χ1n) is 12.6. The molecule has 3 rings (SSSR count). The number of likely N-dealkylation sites (tertiary alicyclic amines) is 1. The third-order valence-corrected chi connectivity index (χ3v) is 6.98. The minimum absolute atomic E-state index is 0.112. The topological polar surface area (TPSA) is 88.2 Å². The Labute approximate surface area is 202 Å². The molecule has 0 bridgehead atoms. The van der Waals surface area contributed by atoms with Gasteiger partial charge in [0.1, 0.15) is 18.9 Å². The molecule has 8 heteroatoms. The van der Waals surface area contributed by atoms with Crippen LogP contribution >= 0.6 is 0 Å². The van der Waals surface area contributed by atoms with Crippen molar-refractivity contribution in [2.24, 2.45) is 5.41 Å². The summed E-state index contributed by atoms with van der Waals surface area (Å²) in [5, 5.41) is 2.62. The zero-order chi connectivity index (χ0) is 24.4. The average Bonchev–Trinajstić information content (AvgIpc) is 2.84. The van der Waals surface area contributed by atoms with Gasteiger partial charge in [-0.25, -0.2) is 0 Å². The number of nitrogens with one attached hydrogen (secondary N) is 1. The number of likely N-dealkylation sites (N-methyl/N-ethyl adjacent to an activating group) is 1. The minimum Gasteiger partial charge on any atom is -0.491 e. The molecule has 1 aromatic rings. The number of esters is 1. The normalized spacial score (nSPS) is 19.4. The summed E-state index contributed by atoms with van der Waals surface area (Å²) in [4.78, 5) is 41.4. The van der Waals surface area contributed by atoms with E-state index in [2.05, 4.69) is 22.3 Å². The van der Waals surface area contributed by atoms with E-state index in [4.69, 9.17) is 9.47 Å². The molecule has 1 saturated heterocycles. The lowest BCUT2D eigenvalue weighted by Crippen LogP contribution is -2.52. The zero-order valence-corrected chi connectivity index (χ0v) is 20.6. The van der Waals surface area contributed by atoms with Crippen LogP contribution < -0.4 is 10.1 Å². The quantitative estimate of drug-likeness (QED) is 0.639. The van der Waals surface area contributed by atoms with Gasteiger partial charge in [0.25, 0.3) is 0 Å². The number of ether oxygens (including phenoxy) is 2. The molecule has 0 aromatic heterocycles. The van der Waals surface area contributed by atoms with E-state index in [1.54, 1.807) is 6.92 Å². The second-order valence-electron chi connectivity index (χ2n) is 9.19. The summed E-state index contributed by atoms with van der Waals surface area (Å²) in [6.45, 7) is 7.27. The van der Waals surface area contributed by atoms with Gasteiger partial charge in [0.05, 0.1) is 25.1 Å². The number of carbonyl (C=O) groups excluding carboxylic acids is 3. The van der Waals surface area contributed by atoms with Gasteiger partial charge in [-0.3, -0.25) is 19.3 Å². The summed E-state index contributed by atoms with van der Waals surface area (Å²) in [5.74, 6) is 0.522. The van der Waals surface area contributed by atoms with Crippen LogP contribution in [-0.4, -0.2) is 80.1 Å². The van der Waals surface area contributed by atoms with Crippen LogP contribution in [0.2, 0.25) is 0 Å². The summed E-state index contributed by atoms with van der Waals surface area (Å²) >= 11 is 0. The Bertz CT molecular complexity index is 835. The van der Waals surface area contributed by atoms with Crippen molar-refractivity contribution >= 4 is 17.8 Å². The maximum atomic E-state index is 13.7. The lowest BCUT2D eigenvalue weighted by Gasteiger charge is -2.43. The summed E-state index contributed by atoms with van der Waals surface area (Å²) in [5.41, 5.74) is 0.849. The van der Waals surface area contributed by atoms with Crippen molar-refractivity contribution in [1.29, 1.82) is 0 Å². The number of amides is 2. The molecular weight excluding hydrogens is 434 g/mol. The first-order chi connectivity index (χ1) is 16.5. The molecule has 0 saturated carbocycles. The Morgan fingerprint density at radius 3 is 2.59 bits per heavy atom. The largest absolute Gasteiger partial charge is 0.491 e. The predicted molar refractivity (Wildman–Crippen MR) is 129 cm³/mol. The molecule has 2 heterocycles. The highest BCUT2D eigenvalue weighted by Gasteiger charge is 2.43. The highest BCUT2D eigenvalue weighted by molar-refractivity contribution is 5.84. The second kappa shape index (κ2) is 12.7. The number of hydrogen-bond donors (Lipinski definition) is 1. The average molecular weight is 474 g/mol. The van der Waals surface area contributed by atoms with Gasteiger partial charge in [-0.05, 0) is 70.7 Å². The smallest absolute Gasteiger partial charge is 0.325 e. The molecule has 2 aliphatic rings. The molecule has 0 radical (unpaired) electrons. The molecule has 0 unspecified atom stereocenters. The standard InChI is InChI=1S/C26H39N3O5/c1-3-29-17-18-34-22-11-6-5-9-21(22)10-7-8-12-26(25(29)32)13-15-28(16-14-26)20-23(30)27-19-24(31)33-4-2/h5-6,9,11H,3-4,7-8,10,12-20H2,1-2H3,(H,27,30). The summed E-state index contributed by atoms with van der Waals surface area (Å²) in [6.07, 6.45) is 5.30. The Balaban J connectivity index is 1.60. The van der Waals surface area contributed by atoms with Gasteiger partial charge in [-0.15, -0.1) is 0 Å². The molecule has 0 aliphatic carbocycles. The number of benzene rings is 1. The van der Waals surface area contributed by atoms with Crippen LogP contribution in [0, 0.1) is 5.41 Å². The zero-order valence-electron chi connectivity index (χ0n) is 20.6. The lowest BCUT2D eigenvalue weighted by atomic mass is 9.73. The van der Waals surface area contributed by atoms with Crippen LogP contribution in [0.15, 0.2) is 24.3 Å². The molecule has 0 atom stereocenters. The van der Waals surface area contributed by atoms with Crippen LogP contribution in [0.1, 0.15) is 51.5 Å². The third-order valence-electron chi connectivity index (χ3n) is 6.98. The maximum absolute atomic E-state index is 13.7. The number of nitrogens with zero attached hydrogens (tertiary/aromatic N) is 2. The molecule has 34 heavy (non-hydrogen) atoms. The molecule has 1 fully saturated rings. The summed E-state index contributed by atoms with van der Waals surface area (Å²) in [7, 11) is 0. The van der Waals surface area contributed by atoms with E-state index >= 15 is 0 Å². The monoisotopic (exact) mass is 473 g/mol. The number of hydrogen-bond acceptors (Lipinski definition) is 6. The number of aryl methyl sites for hydroxylation is 1. The van der Waals surface area contributed by atoms with E-state index in [0.29, 0.717) is 39.4 Å². The fourth-order valence-corrected chi connectivity index (χ4v) is 4.99. The predicted octanol–water partition coefficient (Wildman–Crippen LogP) is 2.40. The van der Waals surface area contributed by atoms with Crippen molar-refractivity contribution in [3.8, 4) is 5.75 Å². The van der Waals surface area contributed by atoms with Crippen molar-refractivity contribution < 1.29 is 23.9 Å². The van der Waals surface area contributed by atoms with Gasteiger partial charge < -0.3 is 19.7 Å². The fourth-order valence-electron chi connectivity index (χ4n) is 4.99. The maximum Gasteiger partial charge on any atom is 0.325 e. The van der Waals surface area contributed by atoms with E-state index in [0.717, 1.165) is 44.3 Å². The Morgan fingerprint density at radius 1 is 1.09 bits per heavy atom. The van der Waals surface area contributed by atoms with Crippen molar-refractivity contribution in [2.75, 3.05) is 52.5 Å². The van der Waals surface area contributed by atoms with E-state index < -0.39 is 5.97 Å². The van der Waals surface area contributed by atoms with Crippen molar-refractivity contribution in [3.63, 3.8) is 0 Å². The Hall–Kier alpha value is -2.61. The van der Waals surface area contributed by atoms with Gasteiger partial charge in [0.2, 0.25) is 11.8 Å². The molecular formula is C26H39N3O5. The Kier molecular flexibility index (Phi) is 9.74. The number of fused-ring (bicyclic) bond motifs is 1. The first-order valence-corrected chi connectivity index (χ1v) is 12.6. The minimum atomic E-state index is -0.432. The lowest BCUT2D eigenvalue weighted by molar-refractivity contribution is -0.147. The summed E-state index contributed by atoms with van der Waals surface area (Å²) in [6, 6.07) is 8.19. The SMILES string of the molecule is CCOC(=O)CNC(=O)CN1CCC2(CCCCc3ccccc3OCCN(CC)C2=O)CC1. The number of para-hydroxylation sites is 1. The van der Waals surface area contributed by atoms with Crippen molar-refractivity contribution in [3.05, 3.63) is 29.8 Å². The van der Waals surface area contributed by atoms with E-state index in [1.165, 1.54) is 5.56 Å². The van der Waals surface area contributed by atoms with E-state index in [9.17, 15) is 14.4 Å². The molecule has 2 aliphatic heterocycles. The number of rotatable bonds is 6. The molecule has 1 aromatic carbocycles. The van der Waals surface area contributed by atoms with Crippen molar-refractivity contribution in [1.82, 2.24) is 15.1 Å². The van der Waals surface area contributed by atoms with Crippen LogP contribution in [-0.2, 0) is 25.5 Å². The molecule has 2 amide bonds.